The topological polar surface area (TPSA) is 197 Å². The minimum Gasteiger partial charge on any atom is -0.491 e. The molecular formula is C31H27IN10O5. The van der Waals surface area contributed by atoms with E-state index in [0.717, 1.165) is 46.2 Å². The van der Waals surface area contributed by atoms with E-state index in [2.05, 4.69) is 44.8 Å². The number of halogens is 1. The number of benzene rings is 2. The second-order valence-corrected chi connectivity index (χ2v) is 11.8. The van der Waals surface area contributed by atoms with Gasteiger partial charge < -0.3 is 23.8 Å². The molecule has 0 bridgehead atoms. The van der Waals surface area contributed by atoms with Crippen LogP contribution in [0.15, 0.2) is 52.3 Å². The lowest BCUT2D eigenvalue weighted by Gasteiger charge is -2.24. The Morgan fingerprint density at radius 2 is 1.91 bits per heavy atom. The van der Waals surface area contributed by atoms with Gasteiger partial charge in [0, 0.05) is 30.3 Å². The van der Waals surface area contributed by atoms with Gasteiger partial charge in [0.05, 0.1) is 35.5 Å². The van der Waals surface area contributed by atoms with Gasteiger partial charge in [-0.05, 0) is 59.4 Å². The van der Waals surface area contributed by atoms with E-state index in [1.807, 2.05) is 65.0 Å². The molecule has 47 heavy (non-hydrogen) atoms. The number of H-pyrrole nitrogens is 1. The fourth-order valence-corrected chi connectivity index (χ4v) is 6.68. The summed E-state index contributed by atoms with van der Waals surface area (Å²) in [5.41, 5.74) is 5.45. The maximum Gasteiger partial charge on any atom is 0.270 e. The summed E-state index contributed by atoms with van der Waals surface area (Å²) in [4.78, 5) is 60.5. The quantitative estimate of drug-likeness (QED) is 0.103. The minimum absolute atomic E-state index is 0.0563. The summed E-state index contributed by atoms with van der Waals surface area (Å²) in [6, 6.07) is 10.6. The number of hydrogen-bond donors (Lipinski definition) is 4. The third kappa shape index (κ3) is 5.68. The molecule has 3 heterocycles. The van der Waals surface area contributed by atoms with Gasteiger partial charge in [0.15, 0.2) is 0 Å². The number of tetrazole rings is 1. The van der Waals surface area contributed by atoms with E-state index in [-0.39, 0.29) is 24.0 Å². The smallest absolute Gasteiger partial charge is 0.270 e. The summed E-state index contributed by atoms with van der Waals surface area (Å²) >= 11 is 1.84. The van der Waals surface area contributed by atoms with Crippen LogP contribution >= 0.6 is 22.9 Å². The fourth-order valence-electron chi connectivity index (χ4n) is 6.18. The van der Waals surface area contributed by atoms with E-state index in [9.17, 15) is 19.2 Å². The molecule has 238 valence electrons. The van der Waals surface area contributed by atoms with E-state index < -0.39 is 22.7 Å². The highest BCUT2D eigenvalue weighted by Gasteiger charge is 2.29. The van der Waals surface area contributed by atoms with Crippen molar-refractivity contribution in [3.63, 3.8) is 0 Å². The van der Waals surface area contributed by atoms with Crippen molar-refractivity contribution in [2.45, 2.75) is 38.9 Å². The minimum atomic E-state index is -0.531. The van der Waals surface area contributed by atoms with E-state index in [0.29, 0.717) is 42.6 Å². The first-order valence-corrected chi connectivity index (χ1v) is 15.9. The van der Waals surface area contributed by atoms with Crippen LogP contribution in [0.25, 0.3) is 11.4 Å². The zero-order chi connectivity index (χ0) is 32.7. The summed E-state index contributed by atoms with van der Waals surface area (Å²) < 4.78 is 8.65. The number of hydrogen-bond acceptors (Lipinski definition) is 12. The molecule has 16 heteroatoms. The Morgan fingerprint density at radius 3 is 2.70 bits per heavy atom. The highest BCUT2D eigenvalue weighted by Crippen LogP contribution is 2.37. The number of carbonyl (C=O) groups excluding carboxylic acids is 2. The molecule has 2 aromatic heterocycles. The van der Waals surface area contributed by atoms with Crippen molar-refractivity contribution in [2.75, 3.05) is 21.6 Å². The molecular weight excluding hydrogens is 719 g/mol. The highest BCUT2D eigenvalue weighted by atomic mass is 127. The molecule has 0 saturated carbocycles. The third-order valence-corrected chi connectivity index (χ3v) is 9.11. The second-order valence-electron chi connectivity index (χ2n) is 11.3. The van der Waals surface area contributed by atoms with E-state index in [4.69, 9.17) is 4.74 Å². The molecule has 2 aliphatic rings. The van der Waals surface area contributed by atoms with Crippen molar-refractivity contribution in [2.24, 2.45) is 0 Å². The average Bonchev–Trinajstić information content (AvgIpc) is 3.72. The first-order valence-electron chi connectivity index (χ1n) is 14.8. The Balaban J connectivity index is 1.00. The monoisotopic (exact) mass is 746 g/mol. The van der Waals surface area contributed by atoms with Gasteiger partial charge in [-0.15, -0.1) is 10.2 Å². The van der Waals surface area contributed by atoms with E-state index in [1.165, 1.54) is 12.4 Å². The molecule has 7 rings (SSSR count). The summed E-state index contributed by atoms with van der Waals surface area (Å²) in [6.45, 7) is 3.35. The van der Waals surface area contributed by atoms with Crippen molar-refractivity contribution >= 4 is 46.1 Å². The standard InChI is InChI=1S/C31H27IN10O5/c1-15-18-5-6-21(20(18)4-3-19(15)29-38-40-41-39-29)36-31(46)23-11-22(34-14-35-23)30(45)33-12-16-2-7-24-17(10-16)13-42(8-9-47-24)26-25(37-32)27(43)28(26)44/h2-4,7,10-11,14,21,37H,5-6,8-9,12-13H2,1H3,(H,33,45)(H,36,46)(H,38,39,40,41)/t21-/m0/s1. The van der Waals surface area contributed by atoms with Gasteiger partial charge in [0.2, 0.25) is 5.82 Å². The number of nitrogens with zero attached hydrogens (tertiary/aromatic N) is 6. The zero-order valence-electron chi connectivity index (χ0n) is 25.0. The van der Waals surface area contributed by atoms with Crippen LogP contribution < -0.4 is 34.7 Å². The number of rotatable bonds is 8. The lowest BCUT2D eigenvalue weighted by molar-refractivity contribution is 0.0931. The molecule has 2 amide bonds. The van der Waals surface area contributed by atoms with Crippen LogP contribution in [0.2, 0.25) is 0 Å². The number of aromatic nitrogens is 6. The van der Waals surface area contributed by atoms with Crippen molar-refractivity contribution in [1.82, 2.24) is 41.2 Å². The van der Waals surface area contributed by atoms with Crippen LogP contribution in [0.1, 0.15) is 61.3 Å². The average molecular weight is 747 g/mol. The van der Waals surface area contributed by atoms with Gasteiger partial charge >= 0.3 is 0 Å². The summed E-state index contributed by atoms with van der Waals surface area (Å²) in [6.07, 6.45) is 2.71. The van der Waals surface area contributed by atoms with Gasteiger partial charge in [0.25, 0.3) is 22.7 Å². The Labute approximate surface area is 280 Å². The number of anilines is 2. The number of carbonyl (C=O) groups is 2. The van der Waals surface area contributed by atoms with E-state index in [1.54, 1.807) is 0 Å². The Hall–Kier alpha value is -5.26. The molecule has 15 nitrogen and oxygen atoms in total. The summed E-state index contributed by atoms with van der Waals surface area (Å²) in [5, 5.41) is 20.2. The molecule has 0 spiro atoms. The Morgan fingerprint density at radius 1 is 1.09 bits per heavy atom. The number of amides is 2. The predicted molar refractivity (Wildman–Crippen MR) is 178 cm³/mol. The van der Waals surface area contributed by atoms with Crippen LogP contribution in [-0.2, 0) is 19.5 Å². The van der Waals surface area contributed by atoms with Crippen LogP contribution in [0.5, 0.6) is 5.75 Å². The lowest BCUT2D eigenvalue weighted by atomic mass is 9.97. The van der Waals surface area contributed by atoms with Gasteiger partial charge in [-0.25, -0.2) is 9.97 Å². The van der Waals surface area contributed by atoms with Crippen molar-refractivity contribution in [3.8, 4) is 17.1 Å². The van der Waals surface area contributed by atoms with Gasteiger partial charge in [0.1, 0.15) is 41.4 Å². The molecule has 4 N–H and O–H groups in total. The van der Waals surface area contributed by atoms with Crippen LogP contribution in [0.3, 0.4) is 0 Å². The normalized spacial score (nSPS) is 15.4. The molecule has 0 saturated heterocycles. The molecule has 1 atom stereocenters. The highest BCUT2D eigenvalue weighted by molar-refractivity contribution is 14.1. The van der Waals surface area contributed by atoms with E-state index >= 15 is 0 Å². The lowest BCUT2D eigenvalue weighted by Crippen LogP contribution is -2.42. The number of ether oxygens (including phenoxy) is 1. The predicted octanol–water partition coefficient (Wildman–Crippen LogP) is 2.07. The van der Waals surface area contributed by atoms with Gasteiger partial charge in [-0.3, -0.25) is 19.2 Å². The van der Waals surface area contributed by atoms with Crippen molar-refractivity contribution < 1.29 is 14.3 Å². The van der Waals surface area contributed by atoms with Gasteiger partial charge in [-0.2, -0.15) is 5.21 Å². The molecule has 0 radical (unpaired) electrons. The zero-order valence-corrected chi connectivity index (χ0v) is 27.1. The van der Waals surface area contributed by atoms with Crippen molar-refractivity contribution in [3.05, 3.63) is 102 Å². The van der Waals surface area contributed by atoms with Crippen LogP contribution in [0.4, 0.5) is 11.4 Å². The van der Waals surface area contributed by atoms with Crippen LogP contribution in [-0.4, -0.2) is 55.6 Å². The maximum atomic E-state index is 13.2. The Bertz CT molecular complexity index is 2090. The molecule has 5 aromatic rings. The molecule has 1 aliphatic carbocycles. The largest absolute Gasteiger partial charge is 0.491 e. The number of fused-ring (bicyclic) bond motifs is 2. The number of aromatic amines is 1. The molecule has 1 aliphatic heterocycles. The molecule has 0 fully saturated rings. The second kappa shape index (κ2) is 12.5. The Kier molecular flexibility index (Phi) is 8.09. The van der Waals surface area contributed by atoms with Crippen LogP contribution in [0, 0.1) is 6.92 Å². The first-order chi connectivity index (χ1) is 22.8. The fraction of sp³-hybridized carbons (Fsp3) is 0.258. The van der Waals surface area contributed by atoms with Gasteiger partial charge in [-0.1, -0.05) is 18.2 Å². The van der Waals surface area contributed by atoms with Crippen molar-refractivity contribution in [1.29, 1.82) is 0 Å². The SMILES string of the molecule is Cc1c(-c2nn[nH]n2)ccc2c1CC[C@@H]2NC(=O)c1cc(C(=O)NCc2ccc3c(c2)CN(c2c(NI)c(=O)c2=O)CCO3)ncn1. The summed E-state index contributed by atoms with van der Waals surface area (Å²) in [5.74, 6) is 0.321. The molecule has 0 unspecified atom stereocenters. The third-order valence-electron chi connectivity index (χ3n) is 8.57. The molecule has 3 aromatic carbocycles. The first kappa shape index (κ1) is 30.4. The number of nitrogens with one attached hydrogen (secondary N) is 4. The maximum absolute atomic E-state index is 13.2. The summed E-state index contributed by atoms with van der Waals surface area (Å²) in [7, 11) is 0.